The minimum absolute atomic E-state index is 0. The van der Waals surface area contributed by atoms with E-state index in [2.05, 4.69) is 37.9 Å². The van der Waals surface area contributed by atoms with Crippen LogP contribution in [0.15, 0.2) is 8.26 Å². The van der Waals surface area contributed by atoms with Gasteiger partial charge in [-0.1, -0.05) is 0 Å². The van der Waals surface area contributed by atoms with Gasteiger partial charge in [0.1, 0.15) is 10.9 Å². The first-order valence-electron chi connectivity index (χ1n) is 2.51. The summed E-state index contributed by atoms with van der Waals surface area (Å²) in [4.78, 5) is 0.763. The number of rotatable bonds is 0. The second-order valence-electron chi connectivity index (χ2n) is 1.76. The fourth-order valence-electron chi connectivity index (χ4n) is 0.565. The van der Waals surface area contributed by atoms with Gasteiger partial charge in [0.25, 0.3) is 0 Å². The number of hydrogen-bond acceptors (Lipinski definition) is 2. The van der Waals surface area contributed by atoms with Crippen LogP contribution in [0.5, 0.6) is 0 Å². The van der Waals surface area contributed by atoms with E-state index in [0.717, 1.165) is 18.7 Å². The van der Waals surface area contributed by atoms with Crippen LogP contribution in [-0.2, 0) is 0 Å². The summed E-state index contributed by atoms with van der Waals surface area (Å²) >= 11 is 8.13. The Bertz CT molecular complexity index is 300. The lowest BCUT2D eigenvalue weighted by Gasteiger charge is -1.84. The van der Waals surface area contributed by atoms with E-state index in [1.54, 1.807) is 0 Å². The summed E-state index contributed by atoms with van der Waals surface area (Å²) in [6.45, 7) is 1.92. The Morgan fingerprint density at radius 2 is 2.00 bits per heavy atom. The fourth-order valence-corrected chi connectivity index (χ4v) is 2.64. The van der Waals surface area contributed by atoms with Crippen LogP contribution in [0.4, 0.5) is 0 Å². The van der Waals surface area contributed by atoms with Gasteiger partial charge in [0.2, 0.25) is 0 Å². The van der Waals surface area contributed by atoms with Crippen molar-refractivity contribution in [3.8, 4) is 6.07 Å². The summed E-state index contributed by atoms with van der Waals surface area (Å²) in [6.07, 6.45) is 0. The van der Waals surface area contributed by atoms with Gasteiger partial charge in [0, 0.05) is 4.47 Å². The van der Waals surface area contributed by atoms with Gasteiger partial charge < -0.3 is 0 Å². The second kappa shape index (κ2) is 4.61. The van der Waals surface area contributed by atoms with Gasteiger partial charge in [-0.3, -0.25) is 0 Å². The van der Waals surface area contributed by atoms with Crippen molar-refractivity contribution in [1.82, 2.24) is 0 Å². The maximum Gasteiger partial charge on any atom is 0.110 e. The highest BCUT2D eigenvalue weighted by Crippen LogP contribution is 2.36. The van der Waals surface area contributed by atoms with Crippen LogP contribution in [0.1, 0.15) is 10.4 Å². The van der Waals surface area contributed by atoms with E-state index in [1.807, 2.05) is 6.92 Å². The largest absolute Gasteiger partial charge is 0.192 e. The average Bonchev–Trinajstić information content (AvgIpc) is 2.17. The molecule has 0 fully saturated rings. The molecule has 0 atom stereocenters. The lowest BCUT2D eigenvalue weighted by molar-refractivity contribution is 1.44. The summed E-state index contributed by atoms with van der Waals surface area (Å²) in [5.74, 6) is 0. The molecule has 1 aromatic heterocycles. The molecule has 1 rings (SSSR count). The molecular formula is C6H4Br3NS. The minimum atomic E-state index is 0. The molecule has 0 radical (unpaired) electrons. The van der Waals surface area contributed by atoms with E-state index >= 15 is 0 Å². The van der Waals surface area contributed by atoms with E-state index in [0.29, 0.717) is 0 Å². The highest BCUT2D eigenvalue weighted by atomic mass is 79.9. The lowest BCUT2D eigenvalue weighted by atomic mass is 10.3. The first-order chi connectivity index (χ1) is 4.66. The van der Waals surface area contributed by atoms with Crippen molar-refractivity contribution < 1.29 is 0 Å². The van der Waals surface area contributed by atoms with E-state index < -0.39 is 0 Å². The zero-order valence-electron chi connectivity index (χ0n) is 5.52. The van der Waals surface area contributed by atoms with Gasteiger partial charge in [-0.05, 0) is 44.3 Å². The van der Waals surface area contributed by atoms with Crippen molar-refractivity contribution in [2.45, 2.75) is 6.92 Å². The minimum Gasteiger partial charge on any atom is -0.192 e. The second-order valence-corrected chi connectivity index (χ2v) is 4.89. The summed E-state index contributed by atoms with van der Waals surface area (Å²) < 4.78 is 1.98. The van der Waals surface area contributed by atoms with Crippen molar-refractivity contribution in [3.05, 3.63) is 18.7 Å². The quantitative estimate of drug-likeness (QED) is 0.684. The molecule has 5 heteroatoms. The maximum absolute atomic E-state index is 8.57. The Kier molecular flexibility index (Phi) is 4.87. The van der Waals surface area contributed by atoms with Gasteiger partial charge in [0.15, 0.2) is 0 Å². The van der Waals surface area contributed by atoms with Crippen LogP contribution in [0.2, 0.25) is 0 Å². The molecule has 0 spiro atoms. The molecule has 0 saturated heterocycles. The molecule has 0 aliphatic carbocycles. The van der Waals surface area contributed by atoms with E-state index in [9.17, 15) is 0 Å². The summed E-state index contributed by atoms with van der Waals surface area (Å²) in [5.41, 5.74) is 1.01. The number of halogens is 3. The van der Waals surface area contributed by atoms with E-state index in [1.165, 1.54) is 11.3 Å². The Balaban J connectivity index is 0.000001000. The standard InChI is InChI=1S/C6H3Br2NS.BrH/c1-3-4(2-9)10-6(8)5(3)7;/h1H3;1H. The third-order valence-electron chi connectivity index (χ3n) is 1.14. The SMILES string of the molecule is Br.Cc1c(C#N)sc(Br)c1Br. The Morgan fingerprint density at radius 3 is 2.18 bits per heavy atom. The van der Waals surface area contributed by atoms with Crippen LogP contribution < -0.4 is 0 Å². The fraction of sp³-hybridized carbons (Fsp3) is 0.167. The summed E-state index contributed by atoms with van der Waals surface area (Å²) in [5, 5.41) is 8.57. The van der Waals surface area contributed by atoms with E-state index in [-0.39, 0.29) is 17.0 Å². The Hall–Kier alpha value is 0.630. The van der Waals surface area contributed by atoms with Crippen LogP contribution >= 0.6 is 60.2 Å². The molecule has 0 aromatic carbocycles. The molecule has 0 amide bonds. The van der Waals surface area contributed by atoms with Crippen LogP contribution in [0, 0.1) is 18.3 Å². The topological polar surface area (TPSA) is 23.8 Å². The van der Waals surface area contributed by atoms with Gasteiger partial charge in [-0.25, -0.2) is 0 Å². The summed E-state index contributed by atoms with van der Waals surface area (Å²) in [7, 11) is 0. The average molecular weight is 362 g/mol. The molecule has 1 aromatic rings. The maximum atomic E-state index is 8.57. The van der Waals surface area contributed by atoms with Crippen LogP contribution in [-0.4, -0.2) is 0 Å². The number of thiophene rings is 1. The first kappa shape index (κ1) is 11.6. The summed E-state index contributed by atoms with van der Waals surface area (Å²) in [6, 6.07) is 2.12. The Morgan fingerprint density at radius 1 is 1.45 bits per heavy atom. The molecule has 0 N–H and O–H groups in total. The molecule has 0 aliphatic rings. The molecule has 0 bridgehead atoms. The third-order valence-corrected chi connectivity index (χ3v) is 4.79. The number of nitriles is 1. The van der Waals surface area contributed by atoms with Gasteiger partial charge in [-0.2, -0.15) is 5.26 Å². The highest BCUT2D eigenvalue weighted by Gasteiger charge is 2.09. The highest BCUT2D eigenvalue weighted by molar-refractivity contribution is 9.13. The van der Waals surface area contributed by atoms with Gasteiger partial charge >= 0.3 is 0 Å². The van der Waals surface area contributed by atoms with Crippen LogP contribution in [0.25, 0.3) is 0 Å². The molecule has 1 nitrogen and oxygen atoms in total. The van der Waals surface area contributed by atoms with Crippen molar-refractivity contribution >= 4 is 60.2 Å². The lowest BCUT2D eigenvalue weighted by Crippen LogP contribution is -1.69. The first-order valence-corrected chi connectivity index (χ1v) is 4.91. The smallest absolute Gasteiger partial charge is 0.110 e. The molecular weight excluding hydrogens is 358 g/mol. The molecule has 0 saturated carbocycles. The predicted molar refractivity (Wildman–Crippen MR) is 59.5 cm³/mol. The van der Waals surface area contributed by atoms with Crippen LogP contribution in [0.3, 0.4) is 0 Å². The molecule has 0 unspecified atom stereocenters. The zero-order chi connectivity index (χ0) is 7.72. The predicted octanol–water partition coefficient (Wildman–Crippen LogP) is 4.03. The molecule has 11 heavy (non-hydrogen) atoms. The van der Waals surface area contributed by atoms with Gasteiger partial charge in [-0.15, -0.1) is 28.3 Å². The van der Waals surface area contributed by atoms with E-state index in [4.69, 9.17) is 5.26 Å². The normalized spacial score (nSPS) is 8.55. The Labute approximate surface area is 96.4 Å². The van der Waals surface area contributed by atoms with Crippen molar-refractivity contribution in [1.29, 1.82) is 5.26 Å². The van der Waals surface area contributed by atoms with Crippen molar-refractivity contribution in [3.63, 3.8) is 0 Å². The molecule has 1 heterocycles. The number of nitrogens with zero attached hydrogens (tertiary/aromatic N) is 1. The monoisotopic (exact) mass is 359 g/mol. The third kappa shape index (κ3) is 2.28. The molecule has 0 aliphatic heterocycles. The zero-order valence-corrected chi connectivity index (χ0v) is 11.2. The number of hydrogen-bond donors (Lipinski definition) is 0. The van der Waals surface area contributed by atoms with Crippen molar-refractivity contribution in [2.24, 2.45) is 0 Å². The van der Waals surface area contributed by atoms with Crippen molar-refractivity contribution in [2.75, 3.05) is 0 Å². The molecule has 60 valence electrons. The van der Waals surface area contributed by atoms with Gasteiger partial charge in [0.05, 0.1) is 3.79 Å².